The van der Waals surface area contributed by atoms with Crippen molar-refractivity contribution < 1.29 is 5.48 Å². The molecular weight excluding hydrogens is 943 g/mol. The van der Waals surface area contributed by atoms with Crippen LogP contribution in [0.1, 0.15) is 27.7 Å². The van der Waals surface area contributed by atoms with E-state index in [2.05, 4.69) is 204 Å². The summed E-state index contributed by atoms with van der Waals surface area (Å²) in [5, 5.41) is 6.11. The van der Waals surface area contributed by atoms with E-state index in [-0.39, 0.29) is 35.4 Å². The smallest absolute Gasteiger partial charge is 0.0714 e. The SMILES string of the molecule is [2H]c1c([2H])c(N(c2ccccc2)c2cccc3ccccc23)c([2H])c([2H])c1-c1ccc2cc(N(c3ccc4c(c3)C(c3ccccc3)(c3ccccc3)c3ccccc3-4)c3ccc4c(c3)c3ccccc3n4-c3ccccc3)ccc2c1. The molecule has 366 valence electrons. The van der Waals surface area contributed by atoms with Crippen LogP contribution in [0.4, 0.5) is 34.1 Å². The quantitative estimate of drug-likeness (QED) is 0.135. The first-order chi connectivity index (χ1) is 40.4. The second-order valence-corrected chi connectivity index (χ2v) is 20.1. The predicted molar refractivity (Wildman–Crippen MR) is 328 cm³/mol. The fourth-order valence-corrected chi connectivity index (χ4v) is 12.4. The second-order valence-electron chi connectivity index (χ2n) is 20.1. The molecule has 0 amide bonds. The van der Waals surface area contributed by atoms with Gasteiger partial charge in [0.2, 0.25) is 0 Å². The minimum Gasteiger partial charge on any atom is -0.310 e. The number of fused-ring (bicyclic) bond motifs is 8. The Morgan fingerprint density at radius 1 is 0.308 bits per heavy atom. The van der Waals surface area contributed by atoms with Gasteiger partial charge in [0.05, 0.1) is 27.6 Å². The van der Waals surface area contributed by atoms with Crippen molar-refractivity contribution in [3.63, 3.8) is 0 Å². The van der Waals surface area contributed by atoms with Crippen LogP contribution in [0.2, 0.25) is 0 Å². The van der Waals surface area contributed by atoms with Crippen LogP contribution in [0.5, 0.6) is 0 Å². The molecular formula is C75H51N3. The molecule has 0 saturated heterocycles. The van der Waals surface area contributed by atoms with Gasteiger partial charge in [-0.2, -0.15) is 0 Å². The summed E-state index contributed by atoms with van der Waals surface area (Å²) < 4.78 is 41.0. The topological polar surface area (TPSA) is 11.4 Å². The van der Waals surface area contributed by atoms with E-state index in [1.807, 2.05) is 95.9 Å². The number of anilines is 6. The number of para-hydroxylation sites is 3. The molecule has 1 aromatic heterocycles. The third-order valence-electron chi connectivity index (χ3n) is 15.9. The van der Waals surface area contributed by atoms with Crippen LogP contribution in [0, 0.1) is 0 Å². The molecule has 0 fully saturated rings. The number of hydrogen-bond donors (Lipinski definition) is 0. The average Bonchev–Trinajstić information content (AvgIpc) is 3.92. The van der Waals surface area contributed by atoms with Gasteiger partial charge in [-0.1, -0.05) is 212 Å². The highest BCUT2D eigenvalue weighted by Crippen LogP contribution is 2.57. The molecule has 1 heterocycles. The Bertz CT molecular complexity index is 4740. The third-order valence-corrected chi connectivity index (χ3v) is 15.9. The molecule has 3 nitrogen and oxygen atoms in total. The Kier molecular flexibility index (Phi) is 9.77. The van der Waals surface area contributed by atoms with Crippen LogP contribution in [0.3, 0.4) is 0 Å². The van der Waals surface area contributed by atoms with Crippen LogP contribution in [-0.2, 0) is 5.41 Å². The van der Waals surface area contributed by atoms with Crippen LogP contribution in [-0.4, -0.2) is 4.57 Å². The van der Waals surface area contributed by atoms with E-state index >= 15 is 0 Å². The van der Waals surface area contributed by atoms with E-state index in [0.717, 1.165) is 77.5 Å². The highest BCUT2D eigenvalue weighted by atomic mass is 15.1. The standard InChI is InChI=1S/C75H51N3/c1-5-22-57(23-6-1)75(58-24-7-2-8-25-58)70-33-17-15-31-66(70)67-46-44-64(51-71(67)75)76(63-45-47-74-69(50-63)68-32-16-18-34-73(68)78(74)60-28-11-4-12-29-60)62-43-40-55-48-54(36-37-56(55)49-62)52-38-41-61(42-39-52)77(59-26-9-3-10-27-59)72-35-19-21-53-20-13-14-30-65(53)72/h1-51H/i38D,39D,41D,42D. The Morgan fingerprint density at radius 3 is 1.65 bits per heavy atom. The molecule has 1 aliphatic rings. The van der Waals surface area contributed by atoms with Crippen molar-refractivity contribution >= 4 is 77.5 Å². The lowest BCUT2D eigenvalue weighted by Crippen LogP contribution is -2.28. The minimum absolute atomic E-state index is 0.107. The van der Waals surface area contributed by atoms with Gasteiger partial charge >= 0.3 is 0 Å². The zero-order valence-corrected chi connectivity index (χ0v) is 42.5. The Hall–Kier alpha value is -10.2. The van der Waals surface area contributed by atoms with E-state index in [4.69, 9.17) is 0 Å². The second kappa shape index (κ2) is 18.6. The number of rotatable bonds is 10. The molecule has 1 aliphatic carbocycles. The molecule has 0 aliphatic heterocycles. The fraction of sp³-hybridized carbons (Fsp3) is 0.0133. The summed E-state index contributed by atoms with van der Waals surface area (Å²) in [5.74, 6) is 0. The summed E-state index contributed by atoms with van der Waals surface area (Å²) in [4.78, 5) is 4.24. The number of benzene rings is 13. The van der Waals surface area contributed by atoms with Gasteiger partial charge in [0.15, 0.2) is 0 Å². The van der Waals surface area contributed by atoms with Crippen molar-refractivity contribution in [1.29, 1.82) is 0 Å². The fourth-order valence-electron chi connectivity index (χ4n) is 12.4. The molecule has 78 heavy (non-hydrogen) atoms. The van der Waals surface area contributed by atoms with E-state index < -0.39 is 5.41 Å². The summed E-state index contributed by atoms with van der Waals surface area (Å²) in [6, 6.07) is 99.4. The van der Waals surface area contributed by atoms with Crippen molar-refractivity contribution in [1.82, 2.24) is 4.57 Å². The Morgan fingerprint density at radius 2 is 0.872 bits per heavy atom. The maximum absolute atomic E-state index is 9.67. The molecule has 0 radical (unpaired) electrons. The first kappa shape index (κ1) is 41.1. The van der Waals surface area contributed by atoms with Gasteiger partial charge in [-0.3, -0.25) is 0 Å². The van der Waals surface area contributed by atoms with Gasteiger partial charge in [0.1, 0.15) is 0 Å². The maximum Gasteiger partial charge on any atom is 0.0714 e. The zero-order valence-electron chi connectivity index (χ0n) is 46.5. The summed E-state index contributed by atoms with van der Waals surface area (Å²) in [6.45, 7) is 0. The molecule has 15 rings (SSSR count). The van der Waals surface area contributed by atoms with Gasteiger partial charge < -0.3 is 14.4 Å². The summed E-state index contributed by atoms with van der Waals surface area (Å²) >= 11 is 0. The van der Waals surface area contributed by atoms with Gasteiger partial charge in [-0.05, 0) is 158 Å². The maximum atomic E-state index is 9.67. The number of aromatic nitrogens is 1. The van der Waals surface area contributed by atoms with Crippen molar-refractivity contribution in [3.05, 3.63) is 332 Å². The number of hydrogen-bond acceptors (Lipinski definition) is 2. The summed E-state index contributed by atoms with van der Waals surface area (Å²) in [5.41, 5.74) is 15.5. The van der Waals surface area contributed by atoms with E-state index in [9.17, 15) is 5.48 Å². The van der Waals surface area contributed by atoms with Crippen LogP contribution < -0.4 is 9.80 Å². The largest absolute Gasteiger partial charge is 0.310 e. The van der Waals surface area contributed by atoms with Crippen molar-refractivity contribution in [2.24, 2.45) is 0 Å². The van der Waals surface area contributed by atoms with Crippen LogP contribution in [0.15, 0.2) is 309 Å². The van der Waals surface area contributed by atoms with Crippen LogP contribution in [0.25, 0.3) is 71.3 Å². The van der Waals surface area contributed by atoms with Gasteiger partial charge in [0.25, 0.3) is 0 Å². The van der Waals surface area contributed by atoms with E-state index in [1.165, 1.54) is 33.4 Å². The molecule has 0 N–H and O–H groups in total. The molecule has 3 heteroatoms. The molecule has 14 aromatic rings. The summed E-state index contributed by atoms with van der Waals surface area (Å²) in [6.07, 6.45) is 0. The lowest BCUT2D eigenvalue weighted by atomic mass is 9.67. The molecule has 13 aromatic carbocycles. The Labute approximate surface area is 460 Å². The van der Waals surface area contributed by atoms with Crippen molar-refractivity contribution in [2.75, 3.05) is 9.80 Å². The van der Waals surface area contributed by atoms with E-state index in [1.54, 1.807) is 0 Å². The zero-order chi connectivity index (χ0) is 55.1. The minimum atomic E-state index is -0.609. The van der Waals surface area contributed by atoms with E-state index in [0.29, 0.717) is 5.56 Å². The molecule has 0 saturated carbocycles. The monoisotopic (exact) mass is 997 g/mol. The molecule has 0 spiro atoms. The molecule has 0 atom stereocenters. The van der Waals surface area contributed by atoms with Gasteiger partial charge in [-0.15, -0.1) is 0 Å². The van der Waals surface area contributed by atoms with Crippen LogP contribution >= 0.6 is 0 Å². The molecule has 0 bridgehead atoms. The third kappa shape index (κ3) is 7.28. The van der Waals surface area contributed by atoms with Crippen molar-refractivity contribution in [2.45, 2.75) is 5.41 Å². The van der Waals surface area contributed by atoms with Crippen molar-refractivity contribution in [3.8, 4) is 27.9 Å². The number of nitrogens with zero attached hydrogens (tertiary/aromatic N) is 3. The molecule has 0 unspecified atom stereocenters. The summed E-state index contributed by atoms with van der Waals surface area (Å²) in [7, 11) is 0. The average molecular weight is 998 g/mol. The highest BCUT2D eigenvalue weighted by Gasteiger charge is 2.46. The lowest BCUT2D eigenvalue weighted by molar-refractivity contribution is 0.768. The normalized spacial score (nSPS) is 13.2. The first-order valence-corrected chi connectivity index (χ1v) is 26.6. The van der Waals surface area contributed by atoms with Gasteiger partial charge in [-0.25, -0.2) is 0 Å². The predicted octanol–water partition coefficient (Wildman–Crippen LogP) is 20.1. The highest BCUT2D eigenvalue weighted by molar-refractivity contribution is 6.11. The lowest BCUT2D eigenvalue weighted by Gasteiger charge is -2.35. The van der Waals surface area contributed by atoms with Gasteiger partial charge in [0, 0.05) is 50.3 Å². The Balaban J connectivity index is 0.906. The first-order valence-electron chi connectivity index (χ1n) is 28.6.